The van der Waals surface area contributed by atoms with Crippen molar-refractivity contribution >= 4 is 67.9 Å². The van der Waals surface area contributed by atoms with Gasteiger partial charge in [-0.3, -0.25) is 0 Å². The third-order valence-corrected chi connectivity index (χ3v) is 6.06. The first kappa shape index (κ1) is 15.5. The highest BCUT2D eigenvalue weighted by Crippen LogP contribution is 2.40. The van der Waals surface area contributed by atoms with Gasteiger partial charge in [0.15, 0.2) is 0 Å². The molecular formula is C16H12Cl3N3S. The van der Waals surface area contributed by atoms with Gasteiger partial charge in [0.1, 0.15) is 10.6 Å². The maximum atomic E-state index is 6.11. The van der Waals surface area contributed by atoms with Gasteiger partial charge in [-0.1, -0.05) is 23.2 Å². The van der Waals surface area contributed by atoms with Crippen LogP contribution in [0.4, 0.5) is 11.5 Å². The molecule has 3 aromatic rings. The average Bonchev–Trinajstić information content (AvgIpc) is 2.89. The summed E-state index contributed by atoms with van der Waals surface area (Å²) in [6.45, 7) is 0. The van der Waals surface area contributed by atoms with Crippen molar-refractivity contribution in [3.05, 3.63) is 44.0 Å². The van der Waals surface area contributed by atoms with Crippen molar-refractivity contribution in [2.24, 2.45) is 0 Å². The molecule has 0 atom stereocenters. The van der Waals surface area contributed by atoms with E-state index in [1.807, 2.05) is 6.07 Å². The van der Waals surface area contributed by atoms with Crippen LogP contribution < -0.4 is 5.32 Å². The molecule has 1 aliphatic carbocycles. The molecule has 1 N–H and O–H groups in total. The molecule has 0 saturated carbocycles. The summed E-state index contributed by atoms with van der Waals surface area (Å²) in [4.78, 5) is 11.1. The minimum Gasteiger partial charge on any atom is -0.339 e. The molecule has 0 aliphatic heterocycles. The number of nitrogens with one attached hydrogen (secondary N) is 1. The van der Waals surface area contributed by atoms with E-state index in [9.17, 15) is 0 Å². The molecule has 2 heterocycles. The van der Waals surface area contributed by atoms with Crippen LogP contribution in [0.15, 0.2) is 18.2 Å². The van der Waals surface area contributed by atoms with Crippen molar-refractivity contribution in [2.75, 3.05) is 5.32 Å². The van der Waals surface area contributed by atoms with Crippen molar-refractivity contribution in [1.82, 2.24) is 9.97 Å². The number of hydrogen-bond acceptors (Lipinski definition) is 4. The monoisotopic (exact) mass is 383 g/mol. The van der Waals surface area contributed by atoms with E-state index < -0.39 is 0 Å². The van der Waals surface area contributed by atoms with Gasteiger partial charge in [0.25, 0.3) is 0 Å². The number of rotatable bonds is 2. The van der Waals surface area contributed by atoms with E-state index in [1.54, 1.807) is 23.5 Å². The fraction of sp³-hybridized carbons (Fsp3) is 0.250. The van der Waals surface area contributed by atoms with Crippen molar-refractivity contribution in [3.63, 3.8) is 0 Å². The number of thiophene rings is 1. The second-order valence-electron chi connectivity index (χ2n) is 5.49. The lowest BCUT2D eigenvalue weighted by atomic mass is 9.97. The van der Waals surface area contributed by atoms with Gasteiger partial charge >= 0.3 is 0 Å². The second-order valence-corrected chi connectivity index (χ2v) is 7.72. The van der Waals surface area contributed by atoms with Gasteiger partial charge < -0.3 is 5.32 Å². The summed E-state index contributed by atoms with van der Waals surface area (Å²) in [5.74, 6) is 0.734. The van der Waals surface area contributed by atoms with E-state index in [4.69, 9.17) is 34.8 Å². The molecule has 1 aromatic carbocycles. The molecule has 0 amide bonds. The van der Waals surface area contributed by atoms with E-state index in [2.05, 4.69) is 15.3 Å². The number of hydrogen-bond donors (Lipinski definition) is 1. The smallest absolute Gasteiger partial charge is 0.225 e. The number of benzene rings is 1. The summed E-state index contributed by atoms with van der Waals surface area (Å²) < 4.78 is 0. The number of nitrogens with zero attached hydrogens (tertiary/aromatic N) is 2. The van der Waals surface area contributed by atoms with Gasteiger partial charge in [-0.15, -0.1) is 11.3 Å². The molecular weight excluding hydrogens is 373 g/mol. The highest BCUT2D eigenvalue weighted by Gasteiger charge is 2.21. The van der Waals surface area contributed by atoms with Gasteiger partial charge in [0, 0.05) is 10.6 Å². The van der Waals surface area contributed by atoms with Crippen molar-refractivity contribution in [2.45, 2.75) is 25.7 Å². The molecule has 23 heavy (non-hydrogen) atoms. The van der Waals surface area contributed by atoms with Crippen LogP contribution in [-0.4, -0.2) is 9.97 Å². The maximum absolute atomic E-state index is 6.11. The second kappa shape index (κ2) is 6.10. The maximum Gasteiger partial charge on any atom is 0.225 e. The van der Waals surface area contributed by atoms with Crippen LogP contribution in [-0.2, 0) is 12.8 Å². The minimum absolute atomic E-state index is 0.249. The Morgan fingerprint density at radius 1 is 1.00 bits per heavy atom. The van der Waals surface area contributed by atoms with Crippen LogP contribution in [0.5, 0.6) is 0 Å². The molecule has 2 aromatic heterocycles. The Balaban J connectivity index is 1.85. The van der Waals surface area contributed by atoms with Gasteiger partial charge in [0.05, 0.1) is 15.4 Å². The first-order chi connectivity index (χ1) is 11.1. The van der Waals surface area contributed by atoms with Crippen molar-refractivity contribution in [1.29, 1.82) is 0 Å². The first-order valence-corrected chi connectivity index (χ1v) is 9.27. The molecule has 118 valence electrons. The van der Waals surface area contributed by atoms with Crippen LogP contribution in [0.25, 0.3) is 10.2 Å². The summed E-state index contributed by atoms with van der Waals surface area (Å²) in [7, 11) is 0. The predicted octanol–water partition coefficient (Wildman–Crippen LogP) is 6.27. The van der Waals surface area contributed by atoms with E-state index in [0.29, 0.717) is 10.0 Å². The lowest BCUT2D eigenvalue weighted by Crippen LogP contribution is -2.01. The zero-order valence-corrected chi connectivity index (χ0v) is 15.1. The number of fused-ring (bicyclic) bond motifs is 3. The molecule has 0 fully saturated rings. The van der Waals surface area contributed by atoms with Gasteiger partial charge in [-0.05, 0) is 61.0 Å². The van der Waals surface area contributed by atoms with Gasteiger partial charge in [-0.2, -0.15) is 4.98 Å². The summed E-state index contributed by atoms with van der Waals surface area (Å²) in [5, 5.41) is 5.68. The lowest BCUT2D eigenvalue weighted by molar-refractivity contribution is 0.700. The largest absolute Gasteiger partial charge is 0.339 e. The molecule has 0 spiro atoms. The zero-order valence-electron chi connectivity index (χ0n) is 12.0. The summed E-state index contributed by atoms with van der Waals surface area (Å²) in [6, 6.07) is 5.41. The van der Waals surface area contributed by atoms with Crippen LogP contribution >= 0.6 is 46.1 Å². The minimum atomic E-state index is 0.249. The Labute approximate surface area is 152 Å². The number of aryl methyl sites for hydroxylation is 2. The number of anilines is 2. The standard InChI is InChI=1S/C16H12Cl3N3S/c17-10-6-5-8(7-11(10)18)20-14-13-9-3-1-2-4-12(9)23-15(13)22-16(19)21-14/h5-7H,1-4H2,(H,20,21,22). The van der Waals surface area contributed by atoms with Crippen LogP contribution in [0, 0.1) is 0 Å². The molecule has 0 unspecified atom stereocenters. The molecule has 0 radical (unpaired) electrons. The normalized spacial score (nSPS) is 14.0. The number of halogens is 3. The highest BCUT2D eigenvalue weighted by molar-refractivity contribution is 7.19. The van der Waals surface area contributed by atoms with Crippen molar-refractivity contribution in [3.8, 4) is 0 Å². The Morgan fingerprint density at radius 3 is 2.65 bits per heavy atom. The van der Waals surface area contributed by atoms with E-state index in [0.717, 1.165) is 34.6 Å². The van der Waals surface area contributed by atoms with Crippen LogP contribution in [0.1, 0.15) is 23.3 Å². The summed E-state index contributed by atoms with van der Waals surface area (Å²) >= 11 is 19.9. The van der Waals surface area contributed by atoms with Crippen LogP contribution in [0.3, 0.4) is 0 Å². The molecule has 0 bridgehead atoms. The molecule has 7 heteroatoms. The Bertz CT molecular complexity index is 907. The molecule has 1 aliphatic rings. The number of aromatic nitrogens is 2. The molecule has 4 rings (SSSR count). The van der Waals surface area contributed by atoms with Crippen molar-refractivity contribution < 1.29 is 0 Å². The fourth-order valence-electron chi connectivity index (χ4n) is 2.93. The molecule has 0 saturated heterocycles. The zero-order chi connectivity index (χ0) is 16.0. The lowest BCUT2D eigenvalue weighted by Gasteiger charge is -2.13. The third kappa shape index (κ3) is 2.89. The Kier molecular flexibility index (Phi) is 4.10. The fourth-order valence-corrected chi connectivity index (χ4v) is 4.71. The SMILES string of the molecule is Clc1nc(Nc2ccc(Cl)c(Cl)c2)c2c3c(sc2n1)CCCC3. The van der Waals surface area contributed by atoms with Gasteiger partial charge in [-0.25, -0.2) is 4.98 Å². The Morgan fingerprint density at radius 2 is 1.83 bits per heavy atom. The summed E-state index contributed by atoms with van der Waals surface area (Å²) in [5.41, 5.74) is 2.18. The topological polar surface area (TPSA) is 37.8 Å². The highest BCUT2D eigenvalue weighted by atomic mass is 35.5. The van der Waals surface area contributed by atoms with E-state index in [-0.39, 0.29) is 5.28 Å². The predicted molar refractivity (Wildman–Crippen MR) is 98.8 cm³/mol. The van der Waals surface area contributed by atoms with E-state index >= 15 is 0 Å². The average molecular weight is 385 g/mol. The van der Waals surface area contributed by atoms with E-state index in [1.165, 1.54) is 23.3 Å². The molecule has 3 nitrogen and oxygen atoms in total. The third-order valence-electron chi connectivity index (χ3n) is 3.97. The van der Waals surface area contributed by atoms with Crippen LogP contribution in [0.2, 0.25) is 15.3 Å². The summed E-state index contributed by atoms with van der Waals surface area (Å²) in [6.07, 6.45) is 4.61. The Hall–Kier alpha value is -1.07. The van der Waals surface area contributed by atoms with Gasteiger partial charge in [0.2, 0.25) is 5.28 Å². The first-order valence-electron chi connectivity index (χ1n) is 7.31. The quantitative estimate of drug-likeness (QED) is 0.529.